The molecule has 4 rings (SSSR count). The summed E-state index contributed by atoms with van der Waals surface area (Å²) in [5, 5.41) is 12.4. The summed E-state index contributed by atoms with van der Waals surface area (Å²) in [4.78, 5) is 24.7. The van der Waals surface area contributed by atoms with Gasteiger partial charge in [0, 0.05) is 22.8 Å². The van der Waals surface area contributed by atoms with E-state index in [-0.39, 0.29) is 16.7 Å². The lowest BCUT2D eigenvalue weighted by molar-refractivity contribution is 0.0597. The number of methoxy groups -OCH3 is 1. The molecule has 0 bridgehead atoms. The highest BCUT2D eigenvalue weighted by Crippen LogP contribution is 2.36. The molecule has 1 heterocycles. The lowest BCUT2D eigenvalue weighted by Crippen LogP contribution is -2.08. The maximum atomic E-state index is 12.6. The number of hydrogen-bond acceptors (Lipinski definition) is 5. The van der Waals surface area contributed by atoms with Crippen LogP contribution < -0.4 is 5.63 Å². The molecular formula is C22H16O5. The largest absolute Gasteiger partial charge is 0.507 e. The Kier molecular flexibility index (Phi) is 4.12. The minimum absolute atomic E-state index is 0.0569. The lowest BCUT2D eigenvalue weighted by Gasteiger charge is -2.14. The minimum Gasteiger partial charge on any atom is -0.507 e. The second-order valence-electron chi connectivity index (χ2n) is 6.21. The SMILES string of the molecule is COC(=O)c1cc2c(=O)oc3ccccc3c2c(Cc2ccccc2)c1O. The standard InChI is InChI=1S/C22H16O5/c1-26-21(24)17-12-16-19(14-9-5-6-10-18(14)27-22(16)25)15(20(17)23)11-13-7-3-2-4-8-13/h2-10,12,23H,11H2,1H3. The van der Waals surface area contributed by atoms with Crippen LogP contribution in [0.2, 0.25) is 0 Å². The molecule has 0 spiro atoms. The molecule has 0 saturated carbocycles. The monoisotopic (exact) mass is 360 g/mol. The normalized spacial score (nSPS) is 11.0. The smallest absolute Gasteiger partial charge is 0.344 e. The van der Waals surface area contributed by atoms with Crippen LogP contribution in [0.4, 0.5) is 0 Å². The highest BCUT2D eigenvalue weighted by atomic mass is 16.5. The van der Waals surface area contributed by atoms with Gasteiger partial charge in [-0.2, -0.15) is 0 Å². The lowest BCUT2D eigenvalue weighted by atomic mass is 9.93. The molecular weight excluding hydrogens is 344 g/mol. The van der Waals surface area contributed by atoms with Gasteiger partial charge in [0.1, 0.15) is 16.9 Å². The highest BCUT2D eigenvalue weighted by Gasteiger charge is 2.22. The third kappa shape index (κ3) is 2.83. The molecule has 27 heavy (non-hydrogen) atoms. The predicted molar refractivity (Wildman–Crippen MR) is 102 cm³/mol. The number of para-hydroxylation sites is 1. The molecule has 1 aromatic heterocycles. The number of hydrogen-bond donors (Lipinski definition) is 1. The number of carbonyl (C=O) groups excluding carboxylic acids is 1. The van der Waals surface area contributed by atoms with Crippen molar-refractivity contribution in [2.45, 2.75) is 6.42 Å². The molecule has 4 aromatic rings. The Balaban J connectivity index is 2.14. The Hall–Kier alpha value is -3.60. The molecule has 0 saturated heterocycles. The van der Waals surface area contributed by atoms with Crippen LogP contribution >= 0.6 is 0 Å². The maximum Gasteiger partial charge on any atom is 0.344 e. The summed E-state index contributed by atoms with van der Waals surface area (Å²) in [6, 6.07) is 18.0. The van der Waals surface area contributed by atoms with Gasteiger partial charge in [-0.15, -0.1) is 0 Å². The third-order valence-electron chi connectivity index (χ3n) is 4.61. The average Bonchev–Trinajstić information content (AvgIpc) is 2.70. The molecule has 0 atom stereocenters. The van der Waals surface area contributed by atoms with Crippen LogP contribution in [0.5, 0.6) is 5.75 Å². The topological polar surface area (TPSA) is 76.7 Å². The maximum absolute atomic E-state index is 12.6. The number of phenols is 1. The number of rotatable bonds is 3. The van der Waals surface area contributed by atoms with Gasteiger partial charge in [0.05, 0.1) is 12.5 Å². The summed E-state index contributed by atoms with van der Waals surface area (Å²) < 4.78 is 10.2. The van der Waals surface area contributed by atoms with E-state index >= 15 is 0 Å². The summed E-state index contributed by atoms with van der Waals surface area (Å²) in [6.45, 7) is 0. The summed E-state index contributed by atoms with van der Waals surface area (Å²) in [5.74, 6) is -0.898. The number of phenolic OH excluding ortho intramolecular Hbond substituents is 1. The van der Waals surface area contributed by atoms with Crippen LogP contribution in [-0.4, -0.2) is 18.2 Å². The van der Waals surface area contributed by atoms with Crippen molar-refractivity contribution >= 4 is 27.7 Å². The van der Waals surface area contributed by atoms with Crippen LogP contribution in [0.1, 0.15) is 21.5 Å². The first kappa shape index (κ1) is 16.8. The first-order chi connectivity index (χ1) is 13.1. The van der Waals surface area contributed by atoms with Crippen LogP contribution in [0.3, 0.4) is 0 Å². The Morgan fingerprint density at radius 1 is 1.04 bits per heavy atom. The molecule has 0 aliphatic rings. The first-order valence-electron chi connectivity index (χ1n) is 8.42. The van der Waals surface area contributed by atoms with Gasteiger partial charge in [-0.1, -0.05) is 48.5 Å². The predicted octanol–water partition coefficient (Wildman–Crippen LogP) is 4.03. The third-order valence-corrected chi connectivity index (χ3v) is 4.61. The highest BCUT2D eigenvalue weighted by molar-refractivity contribution is 6.10. The van der Waals surface area contributed by atoms with Crippen molar-refractivity contribution in [1.29, 1.82) is 0 Å². The molecule has 0 aliphatic heterocycles. The molecule has 1 N–H and O–H groups in total. The molecule has 0 amide bonds. The van der Waals surface area contributed by atoms with Gasteiger partial charge in [0.25, 0.3) is 0 Å². The molecule has 0 fully saturated rings. The minimum atomic E-state index is -0.712. The van der Waals surface area contributed by atoms with Gasteiger partial charge in [-0.05, 0) is 17.7 Å². The van der Waals surface area contributed by atoms with Crippen molar-refractivity contribution in [1.82, 2.24) is 0 Å². The summed E-state index contributed by atoms with van der Waals surface area (Å²) in [6.07, 6.45) is 0.349. The van der Waals surface area contributed by atoms with Crippen molar-refractivity contribution in [3.63, 3.8) is 0 Å². The fraction of sp³-hybridized carbons (Fsp3) is 0.0909. The van der Waals surface area contributed by atoms with E-state index in [0.29, 0.717) is 28.3 Å². The molecule has 0 radical (unpaired) electrons. The zero-order valence-corrected chi connectivity index (χ0v) is 14.6. The average molecular weight is 360 g/mol. The van der Waals surface area contributed by atoms with E-state index in [4.69, 9.17) is 9.15 Å². The van der Waals surface area contributed by atoms with Gasteiger partial charge in [-0.25, -0.2) is 9.59 Å². The molecule has 5 nitrogen and oxygen atoms in total. The number of esters is 1. The quantitative estimate of drug-likeness (QED) is 0.339. The van der Waals surface area contributed by atoms with Gasteiger partial charge in [-0.3, -0.25) is 0 Å². The number of aromatic hydroxyl groups is 1. The van der Waals surface area contributed by atoms with Gasteiger partial charge in [0.15, 0.2) is 0 Å². The van der Waals surface area contributed by atoms with Crippen molar-refractivity contribution in [3.8, 4) is 5.75 Å². The van der Waals surface area contributed by atoms with E-state index in [1.807, 2.05) is 42.5 Å². The Labute approximate surface area is 154 Å². The van der Waals surface area contributed by atoms with Crippen LogP contribution in [-0.2, 0) is 11.2 Å². The zero-order valence-electron chi connectivity index (χ0n) is 14.6. The first-order valence-corrected chi connectivity index (χ1v) is 8.42. The number of benzene rings is 3. The Morgan fingerprint density at radius 3 is 2.48 bits per heavy atom. The van der Waals surface area contributed by atoms with E-state index in [0.717, 1.165) is 5.56 Å². The Bertz CT molecular complexity index is 1220. The fourth-order valence-electron chi connectivity index (χ4n) is 3.35. The van der Waals surface area contributed by atoms with E-state index < -0.39 is 11.6 Å². The van der Waals surface area contributed by atoms with Gasteiger partial charge in [0.2, 0.25) is 0 Å². The number of carbonyl (C=O) groups is 1. The summed E-state index contributed by atoms with van der Waals surface area (Å²) >= 11 is 0. The fourth-order valence-corrected chi connectivity index (χ4v) is 3.35. The van der Waals surface area contributed by atoms with Crippen LogP contribution in [0, 0.1) is 0 Å². The van der Waals surface area contributed by atoms with Gasteiger partial charge >= 0.3 is 11.6 Å². The van der Waals surface area contributed by atoms with Crippen molar-refractivity contribution < 1.29 is 19.1 Å². The summed E-state index contributed by atoms with van der Waals surface area (Å²) in [5.41, 5.74) is 1.23. The van der Waals surface area contributed by atoms with Crippen molar-refractivity contribution in [3.05, 3.63) is 87.8 Å². The number of ether oxygens (including phenoxy) is 1. The second kappa shape index (κ2) is 6.61. The van der Waals surface area contributed by atoms with Crippen LogP contribution in [0.25, 0.3) is 21.7 Å². The van der Waals surface area contributed by atoms with Crippen molar-refractivity contribution in [2.24, 2.45) is 0 Å². The number of fused-ring (bicyclic) bond motifs is 3. The van der Waals surface area contributed by atoms with E-state index in [1.165, 1.54) is 13.2 Å². The zero-order chi connectivity index (χ0) is 19.0. The molecule has 5 heteroatoms. The molecule has 0 aliphatic carbocycles. The van der Waals surface area contributed by atoms with E-state index in [1.54, 1.807) is 12.1 Å². The molecule has 134 valence electrons. The molecule has 0 unspecified atom stereocenters. The Morgan fingerprint density at radius 2 is 1.74 bits per heavy atom. The second-order valence-corrected chi connectivity index (χ2v) is 6.21. The van der Waals surface area contributed by atoms with Crippen molar-refractivity contribution in [2.75, 3.05) is 7.11 Å². The van der Waals surface area contributed by atoms with E-state index in [2.05, 4.69) is 0 Å². The van der Waals surface area contributed by atoms with E-state index in [9.17, 15) is 14.7 Å². The molecule has 3 aromatic carbocycles. The van der Waals surface area contributed by atoms with Crippen LogP contribution in [0.15, 0.2) is 69.9 Å². The summed E-state index contributed by atoms with van der Waals surface area (Å²) in [7, 11) is 1.23. The van der Waals surface area contributed by atoms with Gasteiger partial charge < -0.3 is 14.3 Å².